The Labute approximate surface area is 97.0 Å². The number of carbonyl (C=O) groups is 2. The van der Waals surface area contributed by atoms with Crippen molar-refractivity contribution in [2.24, 2.45) is 0 Å². The van der Waals surface area contributed by atoms with Gasteiger partial charge < -0.3 is 19.8 Å². The van der Waals surface area contributed by atoms with E-state index < -0.39 is 42.7 Å². The molecule has 2 N–H and O–H groups in total. The van der Waals surface area contributed by atoms with Gasteiger partial charge in [-0.3, -0.25) is 9.59 Å². The molecule has 0 aromatic heterocycles. The summed E-state index contributed by atoms with van der Waals surface area (Å²) in [5.74, 6) is -1.22. The third kappa shape index (κ3) is 2.31. The average Bonchev–Trinajstić information content (AvgIpc) is 2.65. The van der Waals surface area contributed by atoms with Gasteiger partial charge in [0.05, 0.1) is 25.7 Å². The third-order valence-corrected chi connectivity index (χ3v) is 3.08. The fourth-order valence-corrected chi connectivity index (χ4v) is 2.09. The molecule has 0 saturated carbocycles. The van der Waals surface area contributed by atoms with Crippen LogP contribution in [-0.2, 0) is 14.3 Å². The number of aliphatic hydroxyl groups is 2. The Morgan fingerprint density at radius 2 is 2.18 bits per heavy atom. The maximum Gasteiger partial charge on any atom is 0.232 e. The molecule has 0 aliphatic carbocycles. The standard InChI is InChI=1S/C10H14FNO5/c11-5-3-12(9(16)1-6(5)14)10-2-7(15)8(4-13)17-10/h5,7-8,10,13,15H,1-4H2/t5?,7-,8+,10+/m0/s1. The quantitative estimate of drug-likeness (QED) is 0.586. The van der Waals surface area contributed by atoms with E-state index in [0.29, 0.717) is 0 Å². The molecule has 0 bridgehead atoms. The van der Waals surface area contributed by atoms with Crippen molar-refractivity contribution < 1.29 is 28.9 Å². The lowest BCUT2D eigenvalue weighted by molar-refractivity contribution is -0.157. The number of likely N-dealkylation sites (tertiary alicyclic amines) is 1. The van der Waals surface area contributed by atoms with Crippen molar-refractivity contribution in [1.29, 1.82) is 0 Å². The van der Waals surface area contributed by atoms with Crippen LogP contribution >= 0.6 is 0 Å². The molecule has 2 fully saturated rings. The maximum atomic E-state index is 13.2. The first kappa shape index (κ1) is 12.4. The Morgan fingerprint density at radius 1 is 1.47 bits per heavy atom. The summed E-state index contributed by atoms with van der Waals surface area (Å²) in [6.45, 7) is -0.703. The van der Waals surface area contributed by atoms with E-state index in [4.69, 9.17) is 9.84 Å². The molecule has 96 valence electrons. The second-order valence-electron chi connectivity index (χ2n) is 4.27. The zero-order chi connectivity index (χ0) is 12.6. The van der Waals surface area contributed by atoms with Crippen molar-refractivity contribution in [3.8, 4) is 0 Å². The van der Waals surface area contributed by atoms with Crippen LogP contribution in [0.15, 0.2) is 0 Å². The van der Waals surface area contributed by atoms with Gasteiger partial charge in [0, 0.05) is 6.42 Å². The molecule has 2 aliphatic rings. The van der Waals surface area contributed by atoms with E-state index in [1.165, 1.54) is 0 Å². The van der Waals surface area contributed by atoms with Gasteiger partial charge in [0.2, 0.25) is 5.91 Å². The number of carbonyl (C=O) groups excluding carboxylic acids is 2. The number of amides is 1. The number of nitrogens with zero attached hydrogens (tertiary/aromatic N) is 1. The van der Waals surface area contributed by atoms with Gasteiger partial charge in [-0.15, -0.1) is 0 Å². The largest absolute Gasteiger partial charge is 0.394 e. The predicted molar refractivity (Wildman–Crippen MR) is 52.6 cm³/mol. The number of Topliss-reactive ketones (excluding diaryl/α,β-unsaturated/α-hetero) is 1. The predicted octanol–water partition coefficient (Wildman–Crippen LogP) is -1.41. The summed E-state index contributed by atoms with van der Waals surface area (Å²) < 4.78 is 18.5. The first-order valence-electron chi connectivity index (χ1n) is 5.43. The fourth-order valence-electron chi connectivity index (χ4n) is 2.09. The second-order valence-corrected chi connectivity index (χ2v) is 4.27. The first-order valence-corrected chi connectivity index (χ1v) is 5.43. The molecule has 4 atom stereocenters. The zero-order valence-corrected chi connectivity index (χ0v) is 9.08. The van der Waals surface area contributed by atoms with Crippen LogP contribution in [0.3, 0.4) is 0 Å². The molecule has 2 saturated heterocycles. The van der Waals surface area contributed by atoms with Crippen molar-refractivity contribution in [3.63, 3.8) is 0 Å². The molecule has 0 radical (unpaired) electrons. The number of alkyl halides is 1. The van der Waals surface area contributed by atoms with E-state index in [9.17, 15) is 19.1 Å². The van der Waals surface area contributed by atoms with E-state index in [1.54, 1.807) is 0 Å². The van der Waals surface area contributed by atoms with Crippen molar-refractivity contribution in [3.05, 3.63) is 0 Å². The summed E-state index contributed by atoms with van der Waals surface area (Å²) in [6.07, 6.45) is -4.45. The lowest BCUT2D eigenvalue weighted by atomic mass is 10.1. The maximum absolute atomic E-state index is 13.2. The SMILES string of the molecule is O=C1CC(=O)N([C@H]2C[C@H](O)[C@@H](CO)O2)CC1F. The highest BCUT2D eigenvalue weighted by molar-refractivity contribution is 6.02. The first-order chi connectivity index (χ1) is 8.02. The van der Waals surface area contributed by atoms with Gasteiger partial charge in [0.1, 0.15) is 12.3 Å². The minimum atomic E-state index is -1.69. The summed E-state index contributed by atoms with van der Waals surface area (Å²) in [7, 11) is 0. The van der Waals surface area contributed by atoms with Crippen LogP contribution in [0.2, 0.25) is 0 Å². The molecule has 17 heavy (non-hydrogen) atoms. The Morgan fingerprint density at radius 3 is 2.76 bits per heavy atom. The molecule has 6 nitrogen and oxygen atoms in total. The van der Waals surface area contributed by atoms with E-state index in [2.05, 4.69) is 0 Å². The number of ether oxygens (including phenoxy) is 1. The highest BCUT2D eigenvalue weighted by Crippen LogP contribution is 2.26. The number of rotatable bonds is 2. The number of piperidine rings is 1. The molecule has 1 amide bonds. The smallest absolute Gasteiger partial charge is 0.232 e. The molecular formula is C10H14FNO5. The van der Waals surface area contributed by atoms with Gasteiger partial charge in [-0.05, 0) is 0 Å². The number of hydrogen-bond donors (Lipinski definition) is 2. The van der Waals surface area contributed by atoms with Crippen molar-refractivity contribution in [1.82, 2.24) is 4.90 Å². The van der Waals surface area contributed by atoms with Gasteiger partial charge in [0.15, 0.2) is 12.0 Å². The van der Waals surface area contributed by atoms with Gasteiger partial charge in [-0.1, -0.05) is 0 Å². The lowest BCUT2D eigenvalue weighted by Gasteiger charge is -2.32. The van der Waals surface area contributed by atoms with Crippen LogP contribution in [0.1, 0.15) is 12.8 Å². The van der Waals surface area contributed by atoms with Crippen LogP contribution in [-0.4, -0.2) is 64.6 Å². The average molecular weight is 247 g/mol. The molecule has 7 heteroatoms. The molecular weight excluding hydrogens is 233 g/mol. The van der Waals surface area contributed by atoms with Gasteiger partial charge in [0.25, 0.3) is 0 Å². The van der Waals surface area contributed by atoms with Crippen LogP contribution in [0.5, 0.6) is 0 Å². The van der Waals surface area contributed by atoms with Crippen LogP contribution < -0.4 is 0 Å². The second kappa shape index (κ2) is 4.67. The van der Waals surface area contributed by atoms with Crippen molar-refractivity contribution in [2.75, 3.05) is 13.2 Å². The molecule has 0 spiro atoms. The summed E-state index contributed by atoms with van der Waals surface area (Å²) in [4.78, 5) is 23.7. The fraction of sp³-hybridized carbons (Fsp3) is 0.800. The molecule has 1 unspecified atom stereocenters. The Kier molecular flexibility index (Phi) is 3.41. The van der Waals surface area contributed by atoms with E-state index in [0.717, 1.165) is 4.90 Å². The van der Waals surface area contributed by atoms with Crippen molar-refractivity contribution in [2.45, 2.75) is 37.4 Å². The third-order valence-electron chi connectivity index (χ3n) is 3.08. The van der Waals surface area contributed by atoms with Gasteiger partial charge >= 0.3 is 0 Å². The molecule has 0 aromatic carbocycles. The Bertz CT molecular complexity index is 337. The van der Waals surface area contributed by atoms with E-state index in [-0.39, 0.29) is 19.6 Å². The van der Waals surface area contributed by atoms with Crippen LogP contribution in [0, 0.1) is 0 Å². The highest BCUT2D eigenvalue weighted by Gasteiger charge is 2.42. The van der Waals surface area contributed by atoms with E-state index >= 15 is 0 Å². The number of halogens is 1. The summed E-state index contributed by atoms with van der Waals surface area (Å²) in [6, 6.07) is 0. The molecule has 2 rings (SSSR count). The Hall–Kier alpha value is -1.05. The highest BCUT2D eigenvalue weighted by atomic mass is 19.1. The normalized spacial score (nSPS) is 38.9. The van der Waals surface area contributed by atoms with Crippen LogP contribution in [0.25, 0.3) is 0 Å². The minimum absolute atomic E-state index is 0.123. The zero-order valence-electron chi connectivity index (χ0n) is 9.08. The van der Waals surface area contributed by atoms with Crippen LogP contribution in [0.4, 0.5) is 4.39 Å². The molecule has 2 aliphatic heterocycles. The molecule has 2 heterocycles. The summed E-state index contributed by atoms with van der Waals surface area (Å²) in [5.41, 5.74) is 0. The minimum Gasteiger partial charge on any atom is -0.394 e. The lowest BCUT2D eigenvalue weighted by Crippen LogP contribution is -2.51. The topological polar surface area (TPSA) is 87.1 Å². The number of ketones is 1. The number of aliphatic hydroxyl groups excluding tert-OH is 2. The van der Waals surface area contributed by atoms with Gasteiger partial charge in [-0.2, -0.15) is 0 Å². The van der Waals surface area contributed by atoms with E-state index in [1.807, 2.05) is 0 Å². The van der Waals surface area contributed by atoms with Crippen molar-refractivity contribution >= 4 is 11.7 Å². The monoisotopic (exact) mass is 247 g/mol. The number of hydrogen-bond acceptors (Lipinski definition) is 5. The summed E-state index contributed by atoms with van der Waals surface area (Å²) in [5, 5.41) is 18.4. The summed E-state index contributed by atoms with van der Waals surface area (Å²) >= 11 is 0. The van der Waals surface area contributed by atoms with Gasteiger partial charge in [-0.25, -0.2) is 4.39 Å². The Balaban J connectivity index is 2.03. The molecule has 0 aromatic rings.